The highest BCUT2D eigenvalue weighted by molar-refractivity contribution is 5.47. The van der Waals surface area contributed by atoms with Crippen molar-refractivity contribution in [3.05, 3.63) is 28.8 Å². The Hall–Kier alpha value is -0.980. The van der Waals surface area contributed by atoms with Crippen molar-refractivity contribution < 1.29 is 5.11 Å². The van der Waals surface area contributed by atoms with Crippen LogP contribution in [0.1, 0.15) is 294 Å². The fourth-order valence-corrected chi connectivity index (χ4v) is 8.33. The van der Waals surface area contributed by atoms with E-state index in [1.807, 2.05) is 0 Å². The van der Waals surface area contributed by atoms with Crippen LogP contribution in [-0.2, 0) is 6.42 Å². The molecule has 1 nitrogen and oxygen atoms in total. The lowest BCUT2D eigenvalue weighted by Gasteiger charge is -2.21. The van der Waals surface area contributed by atoms with Gasteiger partial charge in [-0.1, -0.05) is 259 Å². The molecule has 0 aliphatic rings. The Balaban J connectivity index is 2.25. The summed E-state index contributed by atoms with van der Waals surface area (Å²) in [5, 5.41) is 11.5. The summed E-state index contributed by atoms with van der Waals surface area (Å²) >= 11 is 0. The van der Waals surface area contributed by atoms with Crippen molar-refractivity contribution in [1.82, 2.24) is 0 Å². The van der Waals surface area contributed by atoms with Gasteiger partial charge in [0.15, 0.2) is 0 Å². The van der Waals surface area contributed by atoms with E-state index in [-0.39, 0.29) is 0 Å². The van der Waals surface area contributed by atoms with Crippen molar-refractivity contribution in [3.63, 3.8) is 0 Å². The summed E-state index contributed by atoms with van der Waals surface area (Å²) in [4.78, 5) is 0. The van der Waals surface area contributed by atoms with Gasteiger partial charge >= 0.3 is 0 Å². The van der Waals surface area contributed by atoms with Gasteiger partial charge < -0.3 is 5.11 Å². The minimum atomic E-state index is 0.444. The highest BCUT2D eigenvalue weighted by Crippen LogP contribution is 2.39. The summed E-state index contributed by atoms with van der Waals surface area (Å²) in [6.45, 7) is 11.6. The molecule has 0 aliphatic heterocycles. The second-order valence-electron chi connectivity index (χ2n) is 17.2. The number of aryl methyl sites for hydroxylation is 1. The zero-order valence-electron chi connectivity index (χ0n) is 35.9. The number of phenols is 1. The SMILES string of the molecule is CCCCCCCCCCCCCCCCCCC(C)c1cc(CCCC)cc(C(C)CCCCCCCCCCCCCCCCCC)c1O. The van der Waals surface area contributed by atoms with Crippen LogP contribution < -0.4 is 0 Å². The zero-order valence-corrected chi connectivity index (χ0v) is 35.9. The fraction of sp³-hybridized carbons (Fsp3) is 0.880. The van der Waals surface area contributed by atoms with Crippen LogP contribution in [0.5, 0.6) is 5.75 Å². The molecule has 1 heteroatoms. The molecule has 1 rings (SSSR count). The summed E-state index contributed by atoms with van der Waals surface area (Å²) in [5.74, 6) is 1.52. The van der Waals surface area contributed by atoms with Crippen molar-refractivity contribution in [1.29, 1.82) is 0 Å². The topological polar surface area (TPSA) is 20.2 Å². The van der Waals surface area contributed by atoms with E-state index in [1.54, 1.807) is 0 Å². The third-order valence-corrected chi connectivity index (χ3v) is 12.1. The molecule has 0 radical (unpaired) electrons. The number of aromatic hydroxyl groups is 1. The zero-order chi connectivity index (χ0) is 37.0. The maximum absolute atomic E-state index is 11.5. The van der Waals surface area contributed by atoms with Gasteiger partial charge in [0.25, 0.3) is 0 Å². The van der Waals surface area contributed by atoms with Crippen molar-refractivity contribution >= 4 is 0 Å². The minimum absolute atomic E-state index is 0.444. The molecule has 0 saturated heterocycles. The first-order valence-corrected chi connectivity index (χ1v) is 23.9. The van der Waals surface area contributed by atoms with E-state index in [4.69, 9.17) is 0 Å². The molecule has 0 aromatic heterocycles. The molecule has 0 heterocycles. The standard InChI is InChI=1S/C50H94O/c1-6-9-12-14-16-18-20-22-24-26-28-30-32-34-36-38-40-45(4)48-43-47(42-11-8-3)44-49(50(48)51)46(5)41-39-37-35-33-31-29-27-25-23-21-19-17-15-13-10-7-2/h43-46,51H,6-42H2,1-5H3. The van der Waals surface area contributed by atoms with E-state index in [1.165, 1.54) is 248 Å². The molecule has 300 valence electrons. The molecule has 1 aromatic rings. The molecule has 0 amide bonds. The number of rotatable bonds is 39. The van der Waals surface area contributed by atoms with Gasteiger partial charge in [0.2, 0.25) is 0 Å². The quantitative estimate of drug-likeness (QED) is 0.0674. The van der Waals surface area contributed by atoms with Crippen molar-refractivity contribution in [2.24, 2.45) is 0 Å². The van der Waals surface area contributed by atoms with E-state index in [0.717, 1.165) is 6.42 Å². The third-order valence-electron chi connectivity index (χ3n) is 12.1. The number of hydrogen-bond donors (Lipinski definition) is 1. The molecule has 0 saturated carbocycles. The lowest BCUT2D eigenvalue weighted by atomic mass is 9.85. The van der Waals surface area contributed by atoms with Crippen LogP contribution in [0.2, 0.25) is 0 Å². The number of unbranched alkanes of at least 4 members (excludes halogenated alkanes) is 31. The van der Waals surface area contributed by atoms with Crippen LogP contribution >= 0.6 is 0 Å². The predicted octanol–water partition coefficient (Wildman–Crippen LogP) is 18.2. The molecule has 0 fully saturated rings. The first-order valence-electron chi connectivity index (χ1n) is 23.9. The van der Waals surface area contributed by atoms with E-state index >= 15 is 0 Å². The maximum Gasteiger partial charge on any atom is 0.122 e. The van der Waals surface area contributed by atoms with Crippen molar-refractivity contribution in [3.8, 4) is 5.75 Å². The van der Waals surface area contributed by atoms with Gasteiger partial charge in [-0.05, 0) is 54.2 Å². The lowest BCUT2D eigenvalue weighted by molar-refractivity contribution is 0.440. The highest BCUT2D eigenvalue weighted by Gasteiger charge is 2.19. The molecule has 0 spiro atoms. The second-order valence-corrected chi connectivity index (χ2v) is 17.2. The van der Waals surface area contributed by atoms with E-state index in [9.17, 15) is 5.11 Å². The molecular weight excluding hydrogens is 617 g/mol. The largest absolute Gasteiger partial charge is 0.507 e. The van der Waals surface area contributed by atoms with Gasteiger partial charge in [-0.15, -0.1) is 0 Å². The molecule has 1 aromatic carbocycles. The van der Waals surface area contributed by atoms with Crippen LogP contribution in [0.4, 0.5) is 0 Å². The van der Waals surface area contributed by atoms with E-state index in [0.29, 0.717) is 17.6 Å². The van der Waals surface area contributed by atoms with Gasteiger partial charge in [-0.25, -0.2) is 0 Å². The Kier molecular flexibility index (Phi) is 33.9. The minimum Gasteiger partial charge on any atom is -0.507 e. The maximum atomic E-state index is 11.5. The molecule has 1 N–H and O–H groups in total. The molecule has 0 bridgehead atoms. The van der Waals surface area contributed by atoms with Gasteiger partial charge in [0, 0.05) is 0 Å². The Morgan fingerprint density at radius 1 is 0.353 bits per heavy atom. The van der Waals surface area contributed by atoms with Gasteiger partial charge in [0.1, 0.15) is 5.75 Å². The molecular formula is C50H94O. The van der Waals surface area contributed by atoms with Crippen LogP contribution in [-0.4, -0.2) is 5.11 Å². The van der Waals surface area contributed by atoms with Gasteiger partial charge in [-0.3, -0.25) is 0 Å². The Morgan fingerprint density at radius 3 is 0.843 bits per heavy atom. The Morgan fingerprint density at radius 2 is 0.588 bits per heavy atom. The first-order chi connectivity index (χ1) is 25.0. The van der Waals surface area contributed by atoms with Crippen LogP contribution in [0.15, 0.2) is 12.1 Å². The summed E-state index contributed by atoms with van der Waals surface area (Å²) in [6, 6.07) is 4.74. The van der Waals surface area contributed by atoms with Crippen LogP contribution in [0.25, 0.3) is 0 Å². The normalized spacial score (nSPS) is 12.9. The molecule has 2 atom stereocenters. The van der Waals surface area contributed by atoms with Crippen molar-refractivity contribution in [2.45, 2.75) is 284 Å². The molecule has 51 heavy (non-hydrogen) atoms. The first kappa shape index (κ1) is 48.0. The molecule has 2 unspecified atom stereocenters. The van der Waals surface area contributed by atoms with Crippen LogP contribution in [0, 0.1) is 0 Å². The summed E-state index contributed by atoms with van der Waals surface area (Å²) in [7, 11) is 0. The average Bonchev–Trinajstić information content (AvgIpc) is 3.13. The van der Waals surface area contributed by atoms with Crippen LogP contribution in [0.3, 0.4) is 0 Å². The summed E-state index contributed by atoms with van der Waals surface area (Å²) in [5.41, 5.74) is 3.93. The van der Waals surface area contributed by atoms with Crippen molar-refractivity contribution in [2.75, 3.05) is 0 Å². The van der Waals surface area contributed by atoms with E-state index in [2.05, 4.69) is 46.8 Å². The third kappa shape index (κ3) is 27.3. The molecule has 0 aliphatic carbocycles. The van der Waals surface area contributed by atoms with Gasteiger partial charge in [-0.2, -0.15) is 0 Å². The predicted molar refractivity (Wildman–Crippen MR) is 232 cm³/mol. The Labute approximate surface area is 322 Å². The smallest absolute Gasteiger partial charge is 0.122 e. The average molecular weight is 711 g/mol. The van der Waals surface area contributed by atoms with Gasteiger partial charge in [0.05, 0.1) is 0 Å². The fourth-order valence-electron chi connectivity index (χ4n) is 8.33. The van der Waals surface area contributed by atoms with E-state index < -0.39 is 0 Å². The second kappa shape index (κ2) is 36.0. The number of hydrogen-bond acceptors (Lipinski definition) is 1. The lowest BCUT2D eigenvalue weighted by Crippen LogP contribution is -2.03. The number of benzene rings is 1. The summed E-state index contributed by atoms with van der Waals surface area (Å²) < 4.78 is 0. The number of phenolic OH excluding ortho intramolecular Hbond substituents is 1. The Bertz CT molecular complexity index is 794. The monoisotopic (exact) mass is 711 g/mol. The summed E-state index contributed by atoms with van der Waals surface area (Å²) in [6.07, 6.45) is 51.5. The highest BCUT2D eigenvalue weighted by atomic mass is 16.3.